The van der Waals surface area contributed by atoms with Crippen LogP contribution in [0.4, 0.5) is 0 Å². The monoisotopic (exact) mass is 428 g/mol. The summed E-state index contributed by atoms with van der Waals surface area (Å²) in [6.45, 7) is 0. The van der Waals surface area contributed by atoms with E-state index in [0.717, 1.165) is 16.8 Å². The molecular weight excluding hydrogens is 408 g/mol. The number of aromatic nitrogens is 4. The quantitative estimate of drug-likeness (QED) is 0.452. The Hall–Kier alpha value is -4.27. The lowest BCUT2D eigenvalue weighted by atomic mass is 9.97. The van der Waals surface area contributed by atoms with Gasteiger partial charge in [-0.1, -0.05) is 12.1 Å². The van der Waals surface area contributed by atoms with E-state index in [1.165, 1.54) is 0 Å². The third-order valence-corrected chi connectivity index (χ3v) is 5.90. The normalized spacial score (nSPS) is 16.6. The fourth-order valence-electron chi connectivity index (χ4n) is 4.02. The molecule has 0 radical (unpaired) electrons. The summed E-state index contributed by atoms with van der Waals surface area (Å²) in [5, 5.41) is 4.19. The van der Waals surface area contributed by atoms with Crippen LogP contribution in [-0.2, 0) is 16.6 Å². The second kappa shape index (κ2) is 7.16. The number of carbonyl (C=O) groups is 2. The van der Waals surface area contributed by atoms with E-state index < -0.39 is 17.2 Å². The third-order valence-electron chi connectivity index (χ3n) is 5.90. The molecular formula is C23H20N6O3. The fourth-order valence-corrected chi connectivity index (χ4v) is 4.02. The van der Waals surface area contributed by atoms with E-state index in [4.69, 9.17) is 21.2 Å². The zero-order valence-corrected chi connectivity index (χ0v) is 17.2. The van der Waals surface area contributed by atoms with Gasteiger partial charge in [-0.05, 0) is 36.2 Å². The van der Waals surface area contributed by atoms with E-state index in [9.17, 15) is 9.59 Å². The molecule has 4 N–H and O–H groups in total. The van der Waals surface area contributed by atoms with Gasteiger partial charge in [0.25, 0.3) is 0 Å². The smallest absolute Gasteiger partial charge is 0.233 e. The Morgan fingerprint density at radius 1 is 1.09 bits per heavy atom. The molecule has 5 rings (SSSR count). The zero-order valence-electron chi connectivity index (χ0n) is 17.2. The molecule has 1 saturated carbocycles. The van der Waals surface area contributed by atoms with E-state index in [-0.39, 0.29) is 5.92 Å². The average molecular weight is 428 g/mol. The minimum atomic E-state index is -1.30. The Bertz CT molecular complexity index is 1350. The van der Waals surface area contributed by atoms with Crippen molar-refractivity contribution in [3.05, 3.63) is 66.6 Å². The summed E-state index contributed by atoms with van der Waals surface area (Å²) in [6, 6.07) is 12.7. The van der Waals surface area contributed by atoms with Crippen molar-refractivity contribution in [1.82, 2.24) is 19.7 Å². The Kier molecular flexibility index (Phi) is 4.40. The van der Waals surface area contributed by atoms with Crippen LogP contribution in [0.3, 0.4) is 0 Å². The zero-order chi connectivity index (χ0) is 22.5. The van der Waals surface area contributed by atoms with Crippen LogP contribution in [0.2, 0.25) is 0 Å². The summed E-state index contributed by atoms with van der Waals surface area (Å²) >= 11 is 0. The van der Waals surface area contributed by atoms with Crippen molar-refractivity contribution in [2.24, 2.45) is 23.9 Å². The SMILES string of the molecule is Cn1cc(-c2ccc3nccc(Oc4ccc(C5CC5(C(N)=O)C(N)=O)cc4)c3n2)cn1. The molecule has 2 amide bonds. The van der Waals surface area contributed by atoms with E-state index in [1.54, 1.807) is 35.3 Å². The number of primary amides is 2. The van der Waals surface area contributed by atoms with Crippen molar-refractivity contribution in [1.29, 1.82) is 0 Å². The maximum atomic E-state index is 11.8. The van der Waals surface area contributed by atoms with E-state index >= 15 is 0 Å². The summed E-state index contributed by atoms with van der Waals surface area (Å²) in [5.41, 5.74) is 13.3. The van der Waals surface area contributed by atoms with Gasteiger partial charge in [-0.2, -0.15) is 5.10 Å². The number of nitrogens with zero attached hydrogens (tertiary/aromatic N) is 4. The molecule has 0 aliphatic heterocycles. The Labute approximate surface area is 183 Å². The number of ether oxygens (including phenoxy) is 1. The molecule has 0 bridgehead atoms. The number of carbonyl (C=O) groups excluding carboxylic acids is 2. The first kappa shape index (κ1) is 19.7. The lowest BCUT2D eigenvalue weighted by Gasteiger charge is -2.11. The summed E-state index contributed by atoms with van der Waals surface area (Å²) in [5.74, 6) is -0.539. The number of pyridine rings is 2. The predicted molar refractivity (Wildman–Crippen MR) is 116 cm³/mol. The molecule has 0 spiro atoms. The average Bonchev–Trinajstić information content (AvgIpc) is 3.42. The molecule has 1 aliphatic rings. The van der Waals surface area contributed by atoms with Gasteiger partial charge in [0.05, 0.1) is 17.4 Å². The lowest BCUT2D eigenvalue weighted by molar-refractivity contribution is -0.133. The number of benzene rings is 1. The summed E-state index contributed by atoms with van der Waals surface area (Å²) in [7, 11) is 1.85. The van der Waals surface area contributed by atoms with Crippen LogP contribution in [0.5, 0.6) is 11.5 Å². The number of fused-ring (bicyclic) bond motifs is 1. The molecule has 9 nitrogen and oxygen atoms in total. The van der Waals surface area contributed by atoms with Crippen LogP contribution in [0.15, 0.2) is 61.1 Å². The Morgan fingerprint density at radius 3 is 2.47 bits per heavy atom. The molecule has 1 unspecified atom stereocenters. The van der Waals surface area contributed by atoms with Crippen molar-refractivity contribution in [2.45, 2.75) is 12.3 Å². The highest BCUT2D eigenvalue weighted by molar-refractivity contribution is 6.08. The number of hydrogen-bond donors (Lipinski definition) is 2. The van der Waals surface area contributed by atoms with Gasteiger partial charge in [0.2, 0.25) is 11.8 Å². The first-order valence-corrected chi connectivity index (χ1v) is 10.0. The van der Waals surface area contributed by atoms with Crippen molar-refractivity contribution < 1.29 is 14.3 Å². The Morgan fingerprint density at radius 2 is 1.84 bits per heavy atom. The van der Waals surface area contributed by atoms with Gasteiger partial charge in [0, 0.05) is 37.0 Å². The molecule has 1 aromatic carbocycles. The van der Waals surface area contributed by atoms with Gasteiger partial charge in [-0.15, -0.1) is 0 Å². The highest BCUT2D eigenvalue weighted by Gasteiger charge is 2.64. The minimum absolute atomic E-state index is 0.308. The number of rotatable bonds is 6. The number of aryl methyl sites for hydroxylation is 1. The third kappa shape index (κ3) is 3.15. The van der Waals surface area contributed by atoms with Crippen LogP contribution in [0, 0.1) is 5.41 Å². The molecule has 3 heterocycles. The molecule has 1 aliphatic carbocycles. The topological polar surface area (TPSA) is 139 Å². The minimum Gasteiger partial charge on any atom is -0.455 e. The second-order valence-corrected chi connectivity index (χ2v) is 7.90. The van der Waals surface area contributed by atoms with Gasteiger partial charge < -0.3 is 16.2 Å². The number of amides is 2. The van der Waals surface area contributed by atoms with Crippen molar-refractivity contribution >= 4 is 22.8 Å². The number of nitrogens with two attached hydrogens (primary N) is 2. The molecule has 9 heteroatoms. The first-order chi connectivity index (χ1) is 15.4. The summed E-state index contributed by atoms with van der Waals surface area (Å²) in [6.07, 6.45) is 5.63. The van der Waals surface area contributed by atoms with Gasteiger partial charge in [0.15, 0.2) is 5.75 Å². The van der Waals surface area contributed by atoms with Crippen LogP contribution in [0.25, 0.3) is 22.3 Å². The van der Waals surface area contributed by atoms with Crippen LogP contribution in [0.1, 0.15) is 17.9 Å². The highest BCUT2D eigenvalue weighted by Crippen LogP contribution is 2.59. The van der Waals surface area contributed by atoms with Crippen molar-refractivity contribution in [3.63, 3.8) is 0 Å². The summed E-state index contributed by atoms with van der Waals surface area (Å²) in [4.78, 5) is 32.6. The maximum absolute atomic E-state index is 11.8. The van der Waals surface area contributed by atoms with Gasteiger partial charge in [-0.25, -0.2) is 4.98 Å². The standard InChI is InChI=1S/C23H20N6O3/c1-29-12-14(11-27-29)17-6-7-18-20(28-17)19(8-9-26-18)32-15-4-2-13(3-5-15)16-10-23(16,21(24)30)22(25)31/h2-9,11-12,16H,10H2,1H3,(H2,24,30)(H2,25,31). The van der Waals surface area contributed by atoms with E-state index in [0.29, 0.717) is 29.0 Å². The molecule has 160 valence electrons. The molecule has 3 aromatic heterocycles. The van der Waals surface area contributed by atoms with Crippen LogP contribution >= 0.6 is 0 Å². The Balaban J connectivity index is 1.42. The first-order valence-electron chi connectivity index (χ1n) is 10.0. The lowest BCUT2D eigenvalue weighted by Crippen LogP contribution is -2.38. The van der Waals surface area contributed by atoms with Crippen LogP contribution < -0.4 is 16.2 Å². The van der Waals surface area contributed by atoms with Crippen LogP contribution in [-0.4, -0.2) is 31.6 Å². The molecule has 4 aromatic rings. The van der Waals surface area contributed by atoms with Gasteiger partial charge in [-0.3, -0.25) is 19.3 Å². The molecule has 1 fully saturated rings. The summed E-state index contributed by atoms with van der Waals surface area (Å²) < 4.78 is 7.80. The van der Waals surface area contributed by atoms with Crippen molar-refractivity contribution in [3.8, 4) is 22.8 Å². The van der Waals surface area contributed by atoms with Crippen molar-refractivity contribution in [2.75, 3.05) is 0 Å². The fraction of sp³-hybridized carbons (Fsp3) is 0.174. The van der Waals surface area contributed by atoms with E-state index in [1.807, 2.05) is 37.5 Å². The highest BCUT2D eigenvalue weighted by atomic mass is 16.5. The molecule has 1 atom stereocenters. The molecule has 32 heavy (non-hydrogen) atoms. The van der Waals surface area contributed by atoms with E-state index in [2.05, 4.69) is 10.1 Å². The molecule has 0 saturated heterocycles. The van der Waals surface area contributed by atoms with Gasteiger partial charge >= 0.3 is 0 Å². The largest absolute Gasteiger partial charge is 0.455 e. The maximum Gasteiger partial charge on any atom is 0.233 e. The second-order valence-electron chi connectivity index (χ2n) is 7.90. The van der Waals surface area contributed by atoms with Gasteiger partial charge in [0.1, 0.15) is 16.7 Å². The number of hydrogen-bond acceptors (Lipinski definition) is 6. The predicted octanol–water partition coefficient (Wildman–Crippen LogP) is 2.27.